The number of halogens is 2. The van der Waals surface area contributed by atoms with Crippen LogP contribution in [-0.2, 0) is 4.79 Å². The molecule has 0 atom stereocenters. The van der Waals surface area contributed by atoms with Crippen LogP contribution >= 0.6 is 11.8 Å². The van der Waals surface area contributed by atoms with Crippen molar-refractivity contribution >= 4 is 23.6 Å². The largest absolute Gasteiger partial charge is 0.355 e. The summed E-state index contributed by atoms with van der Waals surface area (Å²) in [6.45, 7) is 2.27. The summed E-state index contributed by atoms with van der Waals surface area (Å²) < 4.78 is 25.1. The molecule has 2 amide bonds. The van der Waals surface area contributed by atoms with E-state index in [0.29, 0.717) is 37.7 Å². The molecule has 8 heteroatoms. The molecule has 2 aliphatic rings. The van der Waals surface area contributed by atoms with E-state index in [2.05, 4.69) is 5.32 Å². The molecule has 0 spiro atoms. The molecule has 30 heavy (non-hydrogen) atoms. The molecule has 1 aromatic rings. The summed E-state index contributed by atoms with van der Waals surface area (Å²) in [5, 5.41) is 3.03. The first kappa shape index (κ1) is 23.0. The number of rotatable bonds is 8. The number of thioether (sulfide) groups is 1. The number of piperazine rings is 1. The van der Waals surface area contributed by atoms with E-state index in [1.54, 1.807) is 15.9 Å². The quantitative estimate of drug-likeness (QED) is 0.630. The van der Waals surface area contributed by atoms with Gasteiger partial charge in [0.15, 0.2) is 0 Å². The first-order valence-electron chi connectivity index (χ1n) is 10.8. The fraction of sp³-hybridized carbons (Fsp3) is 0.636. The third-order valence-electron chi connectivity index (χ3n) is 5.84. The van der Waals surface area contributed by atoms with Crippen molar-refractivity contribution in [3.8, 4) is 0 Å². The average Bonchev–Trinajstić information content (AvgIpc) is 2.77. The van der Waals surface area contributed by atoms with Gasteiger partial charge in [0.2, 0.25) is 5.91 Å². The van der Waals surface area contributed by atoms with Gasteiger partial charge < -0.3 is 10.2 Å². The molecule has 1 aromatic carbocycles. The number of alkyl halides is 2. The normalized spacial score (nSPS) is 18.6. The standard InChI is InChI=1S/C22H31F2N3O2S/c23-20(24)15-26-10-12-27(13-11-26)22(29)18-8-4-5-9-19(18)30-16-21(28)25-14-17-6-2-1-3-7-17/h4-5,8-9,17,20H,1-3,6-7,10-16H2,(H,25,28). The van der Waals surface area contributed by atoms with E-state index in [-0.39, 0.29) is 24.1 Å². The molecule has 1 aliphatic carbocycles. The van der Waals surface area contributed by atoms with Gasteiger partial charge >= 0.3 is 0 Å². The Hall–Kier alpha value is -1.67. The molecular formula is C22H31F2N3O2S. The van der Waals surface area contributed by atoms with Crippen LogP contribution in [0.3, 0.4) is 0 Å². The van der Waals surface area contributed by atoms with Crippen LogP contribution in [0, 0.1) is 5.92 Å². The zero-order chi connectivity index (χ0) is 21.3. The van der Waals surface area contributed by atoms with E-state index in [0.717, 1.165) is 11.4 Å². The second-order valence-corrected chi connectivity index (χ2v) is 9.09. The van der Waals surface area contributed by atoms with Gasteiger partial charge in [0.05, 0.1) is 17.9 Å². The first-order valence-corrected chi connectivity index (χ1v) is 11.8. The van der Waals surface area contributed by atoms with Crippen LogP contribution < -0.4 is 5.32 Å². The van der Waals surface area contributed by atoms with Crippen LogP contribution in [0.4, 0.5) is 8.78 Å². The molecule has 1 heterocycles. The molecule has 0 bridgehead atoms. The summed E-state index contributed by atoms with van der Waals surface area (Å²) in [4.78, 5) is 29.4. The van der Waals surface area contributed by atoms with E-state index < -0.39 is 6.43 Å². The first-order chi connectivity index (χ1) is 14.5. The minimum atomic E-state index is -2.35. The molecule has 5 nitrogen and oxygen atoms in total. The van der Waals surface area contributed by atoms with Crippen molar-refractivity contribution < 1.29 is 18.4 Å². The van der Waals surface area contributed by atoms with E-state index in [1.165, 1.54) is 43.9 Å². The lowest BCUT2D eigenvalue weighted by atomic mass is 9.89. The second kappa shape index (κ2) is 11.6. The molecule has 0 radical (unpaired) electrons. The summed E-state index contributed by atoms with van der Waals surface area (Å²) in [5.41, 5.74) is 0.574. The maximum absolute atomic E-state index is 13.0. The predicted octanol–water partition coefficient (Wildman–Crippen LogP) is 3.50. The Bertz CT molecular complexity index is 705. The van der Waals surface area contributed by atoms with Gasteiger partial charge in [-0.15, -0.1) is 11.8 Å². The van der Waals surface area contributed by atoms with Gasteiger partial charge in [-0.1, -0.05) is 31.4 Å². The zero-order valence-electron chi connectivity index (χ0n) is 17.3. The Morgan fingerprint density at radius 1 is 1.07 bits per heavy atom. The van der Waals surface area contributed by atoms with Crippen molar-refractivity contribution in [2.45, 2.75) is 43.4 Å². The number of carbonyl (C=O) groups is 2. The molecule has 166 valence electrons. The Morgan fingerprint density at radius 3 is 2.47 bits per heavy atom. The van der Waals surface area contributed by atoms with Gasteiger partial charge in [0, 0.05) is 37.6 Å². The van der Waals surface area contributed by atoms with Crippen LogP contribution in [0.25, 0.3) is 0 Å². The zero-order valence-corrected chi connectivity index (χ0v) is 18.1. The highest BCUT2D eigenvalue weighted by Gasteiger charge is 2.25. The highest BCUT2D eigenvalue weighted by Crippen LogP contribution is 2.25. The van der Waals surface area contributed by atoms with Gasteiger partial charge in [0.1, 0.15) is 0 Å². The van der Waals surface area contributed by atoms with Crippen molar-refractivity contribution in [2.24, 2.45) is 5.92 Å². The van der Waals surface area contributed by atoms with Gasteiger partial charge in [-0.25, -0.2) is 8.78 Å². The summed E-state index contributed by atoms with van der Waals surface area (Å²) in [6, 6.07) is 7.31. The molecule has 3 rings (SSSR count). The SMILES string of the molecule is O=C(CSc1ccccc1C(=O)N1CCN(CC(F)F)CC1)NCC1CCCCC1. The number of benzene rings is 1. The second-order valence-electron chi connectivity index (χ2n) is 8.08. The Morgan fingerprint density at radius 2 is 1.77 bits per heavy atom. The third kappa shape index (κ3) is 6.94. The summed E-state index contributed by atoms with van der Waals surface area (Å²) in [6.07, 6.45) is 3.83. The minimum Gasteiger partial charge on any atom is -0.355 e. The van der Waals surface area contributed by atoms with Crippen LogP contribution in [0.2, 0.25) is 0 Å². The number of hydrogen-bond acceptors (Lipinski definition) is 4. The van der Waals surface area contributed by atoms with Crippen molar-refractivity contribution in [3.05, 3.63) is 29.8 Å². The summed E-state index contributed by atoms with van der Waals surface area (Å²) >= 11 is 1.37. The maximum Gasteiger partial charge on any atom is 0.255 e. The monoisotopic (exact) mass is 439 g/mol. The molecule has 1 saturated heterocycles. The smallest absolute Gasteiger partial charge is 0.255 e. The maximum atomic E-state index is 13.0. The number of nitrogens with one attached hydrogen (secondary N) is 1. The van der Waals surface area contributed by atoms with Crippen molar-refractivity contribution in [1.82, 2.24) is 15.1 Å². The van der Waals surface area contributed by atoms with Crippen molar-refractivity contribution in [3.63, 3.8) is 0 Å². The van der Waals surface area contributed by atoms with E-state index in [4.69, 9.17) is 0 Å². The highest BCUT2D eigenvalue weighted by atomic mass is 32.2. The number of hydrogen-bond donors (Lipinski definition) is 1. The van der Waals surface area contributed by atoms with Crippen LogP contribution in [0.1, 0.15) is 42.5 Å². The minimum absolute atomic E-state index is 0.00608. The van der Waals surface area contributed by atoms with Gasteiger partial charge in [-0.3, -0.25) is 14.5 Å². The Balaban J connectivity index is 1.49. The number of carbonyl (C=O) groups excluding carboxylic acids is 2. The van der Waals surface area contributed by atoms with E-state index >= 15 is 0 Å². The lowest BCUT2D eigenvalue weighted by molar-refractivity contribution is -0.118. The summed E-state index contributed by atoms with van der Waals surface area (Å²) in [7, 11) is 0. The van der Waals surface area contributed by atoms with E-state index in [1.807, 2.05) is 18.2 Å². The van der Waals surface area contributed by atoms with Gasteiger partial charge in [-0.2, -0.15) is 0 Å². The lowest BCUT2D eigenvalue weighted by Gasteiger charge is -2.34. The van der Waals surface area contributed by atoms with Gasteiger partial charge in [0.25, 0.3) is 12.3 Å². The van der Waals surface area contributed by atoms with Crippen molar-refractivity contribution in [1.29, 1.82) is 0 Å². The summed E-state index contributed by atoms with van der Waals surface area (Å²) in [5.74, 6) is 0.760. The van der Waals surface area contributed by atoms with Crippen molar-refractivity contribution in [2.75, 3.05) is 45.0 Å². The molecule has 1 N–H and O–H groups in total. The highest BCUT2D eigenvalue weighted by molar-refractivity contribution is 8.00. The van der Waals surface area contributed by atoms with Gasteiger partial charge in [-0.05, 0) is 30.9 Å². The molecular weight excluding hydrogens is 408 g/mol. The fourth-order valence-corrected chi connectivity index (χ4v) is 4.99. The molecule has 1 saturated carbocycles. The van der Waals surface area contributed by atoms with E-state index in [9.17, 15) is 18.4 Å². The average molecular weight is 440 g/mol. The molecule has 0 aromatic heterocycles. The molecule has 0 unspecified atom stereocenters. The third-order valence-corrected chi connectivity index (χ3v) is 6.92. The number of nitrogens with zero attached hydrogens (tertiary/aromatic N) is 2. The molecule has 1 aliphatic heterocycles. The number of amides is 2. The van der Waals surface area contributed by atoms with Crippen LogP contribution in [0.5, 0.6) is 0 Å². The topological polar surface area (TPSA) is 52.7 Å². The molecule has 2 fully saturated rings. The fourth-order valence-electron chi connectivity index (χ4n) is 4.11. The Kier molecular flexibility index (Phi) is 8.93. The van der Waals surface area contributed by atoms with Crippen LogP contribution in [0.15, 0.2) is 29.2 Å². The lowest BCUT2D eigenvalue weighted by Crippen LogP contribution is -2.49. The predicted molar refractivity (Wildman–Crippen MR) is 115 cm³/mol. The Labute approximate surface area is 181 Å². The van der Waals surface area contributed by atoms with Crippen LogP contribution in [-0.4, -0.2) is 73.1 Å².